The zero-order valence-electron chi connectivity index (χ0n) is 16.2. The van der Waals surface area contributed by atoms with Gasteiger partial charge < -0.3 is 4.74 Å². The van der Waals surface area contributed by atoms with Gasteiger partial charge in [-0.2, -0.15) is 0 Å². The summed E-state index contributed by atoms with van der Waals surface area (Å²) in [5, 5.41) is 0. The largest absolute Gasteiger partial charge is 0.426 e. The Hall–Kier alpha value is -1.90. The fourth-order valence-corrected chi connectivity index (χ4v) is 2.33. The lowest BCUT2D eigenvalue weighted by Gasteiger charge is -2.38. The molecule has 0 radical (unpaired) electrons. The first kappa shape index (κ1) is 20.1. The van der Waals surface area contributed by atoms with E-state index in [9.17, 15) is 9.59 Å². The monoisotopic (exact) mass is 330 g/mol. The van der Waals surface area contributed by atoms with Crippen molar-refractivity contribution in [2.24, 2.45) is 10.8 Å². The van der Waals surface area contributed by atoms with E-state index < -0.39 is 0 Å². The molecule has 0 atom stereocenters. The van der Waals surface area contributed by atoms with Crippen molar-refractivity contribution in [1.82, 2.24) is 0 Å². The fraction of sp³-hybridized carbons (Fsp3) is 0.524. The number of hydrogen-bond acceptors (Lipinski definition) is 3. The van der Waals surface area contributed by atoms with Gasteiger partial charge in [-0.15, -0.1) is 0 Å². The molecule has 0 amide bonds. The van der Waals surface area contributed by atoms with Crippen molar-refractivity contribution in [3.8, 4) is 5.75 Å². The Bertz CT molecular complexity index is 635. The summed E-state index contributed by atoms with van der Waals surface area (Å²) in [5.41, 5.74) is 2.69. The van der Waals surface area contributed by atoms with Crippen LogP contribution in [-0.2, 0) is 9.59 Å². The molecule has 132 valence electrons. The number of allylic oxidation sites excluding steroid dienone is 1. The predicted octanol–water partition coefficient (Wildman–Crippen LogP) is 5.27. The van der Waals surface area contributed by atoms with Crippen molar-refractivity contribution in [3.63, 3.8) is 0 Å². The summed E-state index contributed by atoms with van der Waals surface area (Å²) in [7, 11) is 0. The zero-order valence-corrected chi connectivity index (χ0v) is 16.2. The molecule has 3 nitrogen and oxygen atoms in total. The molecule has 0 fully saturated rings. The highest BCUT2D eigenvalue weighted by atomic mass is 16.5. The number of ketones is 1. The molecule has 1 aromatic carbocycles. The molecule has 24 heavy (non-hydrogen) atoms. The number of hydrogen-bond donors (Lipinski definition) is 0. The van der Waals surface area contributed by atoms with E-state index >= 15 is 0 Å². The number of carbonyl (C=O) groups excluding carboxylic acids is 2. The minimum absolute atomic E-state index is 0.0648. The Morgan fingerprint density at radius 2 is 1.54 bits per heavy atom. The van der Waals surface area contributed by atoms with E-state index in [-0.39, 0.29) is 22.6 Å². The minimum atomic E-state index is -0.330. The lowest BCUT2D eigenvalue weighted by Crippen LogP contribution is -2.31. The van der Waals surface area contributed by atoms with E-state index in [1.165, 1.54) is 6.92 Å². The van der Waals surface area contributed by atoms with Gasteiger partial charge in [0.2, 0.25) is 0 Å². The van der Waals surface area contributed by atoms with Crippen LogP contribution in [0.3, 0.4) is 0 Å². The molecule has 0 aliphatic carbocycles. The van der Waals surface area contributed by atoms with E-state index in [2.05, 4.69) is 34.6 Å². The average molecular weight is 330 g/mol. The van der Waals surface area contributed by atoms with Crippen molar-refractivity contribution in [1.29, 1.82) is 0 Å². The average Bonchev–Trinajstić information content (AvgIpc) is 2.38. The van der Waals surface area contributed by atoms with Gasteiger partial charge in [-0.1, -0.05) is 40.7 Å². The maximum absolute atomic E-state index is 12.3. The molecule has 0 saturated heterocycles. The number of ether oxygens (including phenoxy) is 1. The number of carbonyl (C=O) groups is 2. The van der Waals surface area contributed by atoms with Crippen LogP contribution in [0.15, 0.2) is 18.2 Å². The van der Waals surface area contributed by atoms with E-state index in [1.54, 1.807) is 6.08 Å². The Labute approximate surface area is 146 Å². The van der Waals surface area contributed by atoms with Crippen LogP contribution in [0.25, 0.3) is 6.08 Å². The van der Waals surface area contributed by atoms with Crippen LogP contribution in [-0.4, -0.2) is 11.8 Å². The molecule has 0 spiro atoms. The van der Waals surface area contributed by atoms with Gasteiger partial charge in [-0.3, -0.25) is 9.59 Å². The molecular weight excluding hydrogens is 300 g/mol. The summed E-state index contributed by atoms with van der Waals surface area (Å²) in [4.78, 5) is 23.5. The highest BCUT2D eigenvalue weighted by molar-refractivity contribution is 5.94. The molecule has 1 aromatic rings. The normalized spacial score (nSPS) is 12.5. The molecule has 0 bridgehead atoms. The summed E-state index contributed by atoms with van der Waals surface area (Å²) < 4.78 is 5.23. The number of aryl methyl sites for hydroxylation is 2. The van der Waals surface area contributed by atoms with Crippen molar-refractivity contribution < 1.29 is 14.3 Å². The number of benzene rings is 1. The van der Waals surface area contributed by atoms with E-state index in [4.69, 9.17) is 4.74 Å². The van der Waals surface area contributed by atoms with Crippen molar-refractivity contribution >= 4 is 17.8 Å². The summed E-state index contributed by atoms with van der Waals surface area (Å²) >= 11 is 0. The molecule has 0 heterocycles. The first-order valence-corrected chi connectivity index (χ1v) is 8.34. The second-order valence-corrected chi connectivity index (χ2v) is 8.19. The highest BCUT2D eigenvalue weighted by Crippen LogP contribution is 2.40. The third kappa shape index (κ3) is 5.33. The molecule has 0 aliphatic rings. The first-order valence-electron chi connectivity index (χ1n) is 8.34. The molecule has 1 rings (SSSR count). The maximum Gasteiger partial charge on any atom is 0.308 e. The van der Waals surface area contributed by atoms with Crippen molar-refractivity contribution in [2.75, 3.05) is 0 Å². The Kier molecular flexibility index (Phi) is 6.15. The number of rotatable bonds is 5. The van der Waals surface area contributed by atoms with Crippen LogP contribution in [0.1, 0.15) is 64.7 Å². The summed E-state index contributed by atoms with van der Waals surface area (Å²) in [6, 6.07) is 3.84. The summed E-state index contributed by atoms with van der Waals surface area (Å²) in [6.07, 6.45) is 3.99. The topological polar surface area (TPSA) is 43.4 Å². The Morgan fingerprint density at radius 3 is 1.96 bits per heavy atom. The van der Waals surface area contributed by atoms with Gasteiger partial charge in [0, 0.05) is 13.3 Å². The Balaban J connectivity index is 2.92. The third-order valence-corrected chi connectivity index (χ3v) is 4.84. The van der Waals surface area contributed by atoms with Crippen LogP contribution in [0.5, 0.6) is 5.75 Å². The minimum Gasteiger partial charge on any atom is -0.426 e. The molecule has 0 saturated carbocycles. The predicted molar refractivity (Wildman–Crippen MR) is 99.1 cm³/mol. The second-order valence-electron chi connectivity index (χ2n) is 8.19. The molecule has 0 N–H and O–H groups in total. The lowest BCUT2D eigenvalue weighted by atomic mass is 9.67. The van der Waals surface area contributed by atoms with Gasteiger partial charge in [0.05, 0.1) is 0 Å². The van der Waals surface area contributed by atoms with Gasteiger partial charge in [0.1, 0.15) is 5.75 Å². The summed E-state index contributed by atoms with van der Waals surface area (Å²) in [6.45, 7) is 15.9. The smallest absolute Gasteiger partial charge is 0.308 e. The van der Waals surface area contributed by atoms with Crippen molar-refractivity contribution in [2.45, 2.75) is 61.8 Å². The van der Waals surface area contributed by atoms with E-state index in [0.29, 0.717) is 12.2 Å². The van der Waals surface area contributed by atoms with Crippen LogP contribution < -0.4 is 4.74 Å². The molecule has 0 unspecified atom stereocenters. The SMILES string of the molecule is CC(=O)Oc1c(C)cc(/C=C/C(=O)CC(C)(C)C(C)(C)C)cc1C. The first-order chi connectivity index (χ1) is 10.8. The van der Waals surface area contributed by atoms with Crippen molar-refractivity contribution in [3.05, 3.63) is 34.9 Å². The van der Waals surface area contributed by atoms with Crippen LogP contribution in [0.4, 0.5) is 0 Å². The molecule has 3 heteroatoms. The maximum atomic E-state index is 12.3. The molecular formula is C21H30O3. The van der Waals surface area contributed by atoms with Gasteiger partial charge in [-0.05, 0) is 59.6 Å². The van der Waals surface area contributed by atoms with Gasteiger partial charge in [-0.25, -0.2) is 0 Å². The van der Waals surface area contributed by atoms with Crippen LogP contribution in [0.2, 0.25) is 0 Å². The summed E-state index contributed by atoms with van der Waals surface area (Å²) in [5.74, 6) is 0.387. The fourth-order valence-electron chi connectivity index (χ4n) is 2.33. The highest BCUT2D eigenvalue weighted by Gasteiger charge is 2.33. The standard InChI is InChI=1S/C21H30O3/c1-14-11-17(12-15(2)19(14)24-16(3)22)9-10-18(23)13-21(7,8)20(4,5)6/h9-12H,13H2,1-8H3/b10-9+. The molecule has 0 aliphatic heterocycles. The third-order valence-electron chi connectivity index (χ3n) is 4.84. The van der Waals surface area contributed by atoms with E-state index in [0.717, 1.165) is 16.7 Å². The van der Waals surface area contributed by atoms with Gasteiger partial charge in [0.25, 0.3) is 0 Å². The number of esters is 1. The second kappa shape index (κ2) is 7.33. The Morgan fingerprint density at radius 1 is 1.04 bits per heavy atom. The molecule has 0 aromatic heterocycles. The van der Waals surface area contributed by atoms with Crippen LogP contribution in [0, 0.1) is 24.7 Å². The van der Waals surface area contributed by atoms with E-state index in [1.807, 2.05) is 32.1 Å². The zero-order chi connectivity index (χ0) is 18.7. The van der Waals surface area contributed by atoms with Gasteiger partial charge in [0.15, 0.2) is 5.78 Å². The quantitative estimate of drug-likeness (QED) is 0.419. The van der Waals surface area contributed by atoms with Gasteiger partial charge >= 0.3 is 5.97 Å². The van der Waals surface area contributed by atoms with Crippen LogP contribution >= 0.6 is 0 Å². The lowest BCUT2D eigenvalue weighted by molar-refractivity contribution is -0.132.